The van der Waals surface area contributed by atoms with E-state index in [0.29, 0.717) is 11.6 Å². The Balaban J connectivity index is 1.99. The van der Waals surface area contributed by atoms with Crippen LogP contribution in [0.4, 0.5) is 5.00 Å². The molecule has 0 aliphatic heterocycles. The zero-order chi connectivity index (χ0) is 10.7. The summed E-state index contributed by atoms with van der Waals surface area (Å²) in [7, 11) is 0. The van der Waals surface area contributed by atoms with Crippen LogP contribution in [0.25, 0.3) is 0 Å². The number of hydrogen-bond acceptors (Lipinski definition) is 4. The van der Waals surface area contributed by atoms with Gasteiger partial charge in [-0.2, -0.15) is 4.37 Å². The van der Waals surface area contributed by atoms with Crippen molar-refractivity contribution in [1.29, 1.82) is 0 Å². The van der Waals surface area contributed by atoms with Gasteiger partial charge in [0.25, 0.3) is 0 Å². The molecular formula is C10H9BrN2OS. The van der Waals surface area contributed by atoms with Crippen LogP contribution in [0.1, 0.15) is 5.69 Å². The smallest absolute Gasteiger partial charge is 0.131 e. The highest BCUT2D eigenvalue weighted by Gasteiger charge is 2.00. The Morgan fingerprint density at radius 2 is 2.27 bits per heavy atom. The van der Waals surface area contributed by atoms with Crippen molar-refractivity contribution in [3.63, 3.8) is 0 Å². The first-order chi connectivity index (χ1) is 7.24. The third kappa shape index (κ3) is 2.94. The van der Waals surface area contributed by atoms with E-state index < -0.39 is 0 Å². The van der Waals surface area contributed by atoms with E-state index in [1.54, 1.807) is 0 Å². The van der Waals surface area contributed by atoms with Gasteiger partial charge in [-0.3, -0.25) is 0 Å². The van der Waals surface area contributed by atoms with Gasteiger partial charge in [-0.05, 0) is 35.8 Å². The van der Waals surface area contributed by atoms with Gasteiger partial charge >= 0.3 is 0 Å². The molecule has 0 bridgehead atoms. The minimum absolute atomic E-state index is 0.449. The first kappa shape index (κ1) is 10.4. The van der Waals surface area contributed by atoms with Gasteiger partial charge in [0.2, 0.25) is 0 Å². The zero-order valence-electron chi connectivity index (χ0n) is 7.81. The lowest BCUT2D eigenvalue weighted by Gasteiger charge is -2.03. The van der Waals surface area contributed by atoms with E-state index >= 15 is 0 Å². The highest BCUT2D eigenvalue weighted by atomic mass is 79.9. The second-order valence-corrected chi connectivity index (χ2v) is 4.72. The predicted molar refractivity (Wildman–Crippen MR) is 65.0 cm³/mol. The summed E-state index contributed by atoms with van der Waals surface area (Å²) in [4.78, 5) is 0. The van der Waals surface area contributed by atoms with E-state index in [0.717, 1.165) is 15.9 Å². The van der Waals surface area contributed by atoms with E-state index in [4.69, 9.17) is 10.5 Å². The summed E-state index contributed by atoms with van der Waals surface area (Å²) in [6, 6.07) is 9.52. The van der Waals surface area contributed by atoms with Crippen molar-refractivity contribution in [1.82, 2.24) is 4.37 Å². The Labute approximate surface area is 100 Å². The number of nitrogens with zero attached hydrogens (tertiary/aromatic N) is 1. The molecule has 3 nitrogen and oxygen atoms in total. The van der Waals surface area contributed by atoms with Crippen LogP contribution < -0.4 is 10.5 Å². The lowest BCUT2D eigenvalue weighted by Crippen LogP contribution is -1.94. The molecule has 0 unspecified atom stereocenters. The topological polar surface area (TPSA) is 48.1 Å². The molecule has 0 amide bonds. The van der Waals surface area contributed by atoms with E-state index in [1.165, 1.54) is 11.5 Å². The van der Waals surface area contributed by atoms with Crippen molar-refractivity contribution in [2.45, 2.75) is 6.61 Å². The Hall–Kier alpha value is -1.07. The summed E-state index contributed by atoms with van der Waals surface area (Å²) < 4.78 is 10.7. The van der Waals surface area contributed by atoms with Crippen LogP contribution in [-0.4, -0.2) is 4.37 Å². The molecule has 78 valence electrons. The molecule has 0 radical (unpaired) electrons. The van der Waals surface area contributed by atoms with Gasteiger partial charge in [-0.15, -0.1) is 0 Å². The molecule has 0 saturated heterocycles. The third-order valence-electron chi connectivity index (χ3n) is 1.76. The molecule has 0 atom stereocenters. The molecule has 2 rings (SSSR count). The summed E-state index contributed by atoms with van der Waals surface area (Å²) in [5.74, 6) is 0.816. The number of ether oxygens (including phenoxy) is 1. The monoisotopic (exact) mass is 284 g/mol. The van der Waals surface area contributed by atoms with E-state index in [9.17, 15) is 0 Å². The van der Waals surface area contributed by atoms with Crippen LogP contribution in [0.3, 0.4) is 0 Å². The number of nitrogen functional groups attached to an aromatic ring is 1. The van der Waals surface area contributed by atoms with Gasteiger partial charge in [0.1, 0.15) is 17.4 Å². The molecule has 0 saturated carbocycles. The largest absolute Gasteiger partial charge is 0.487 e. The number of benzene rings is 1. The van der Waals surface area contributed by atoms with Gasteiger partial charge in [-0.1, -0.05) is 22.0 Å². The van der Waals surface area contributed by atoms with E-state index in [-0.39, 0.29) is 0 Å². The minimum atomic E-state index is 0.449. The second kappa shape index (κ2) is 4.63. The summed E-state index contributed by atoms with van der Waals surface area (Å²) >= 11 is 4.66. The number of halogens is 1. The minimum Gasteiger partial charge on any atom is -0.487 e. The van der Waals surface area contributed by atoms with Crippen LogP contribution >= 0.6 is 27.5 Å². The Bertz CT molecular complexity index is 458. The van der Waals surface area contributed by atoms with Crippen LogP contribution in [0.15, 0.2) is 34.8 Å². The summed E-state index contributed by atoms with van der Waals surface area (Å²) in [6.07, 6.45) is 0. The fourth-order valence-electron chi connectivity index (χ4n) is 1.11. The molecule has 1 aromatic heterocycles. The quantitative estimate of drug-likeness (QED) is 0.942. The maximum absolute atomic E-state index is 5.56. The Morgan fingerprint density at radius 1 is 1.40 bits per heavy atom. The van der Waals surface area contributed by atoms with E-state index in [2.05, 4.69) is 20.3 Å². The molecule has 2 N–H and O–H groups in total. The molecule has 0 fully saturated rings. The number of hydrogen-bond donors (Lipinski definition) is 1. The zero-order valence-corrected chi connectivity index (χ0v) is 10.2. The lowest BCUT2D eigenvalue weighted by atomic mass is 10.3. The highest BCUT2D eigenvalue weighted by Crippen LogP contribution is 2.19. The van der Waals surface area contributed by atoms with Gasteiger partial charge in [0.05, 0.1) is 5.69 Å². The average molecular weight is 285 g/mol. The molecule has 0 spiro atoms. The normalized spacial score (nSPS) is 10.2. The van der Waals surface area contributed by atoms with Crippen molar-refractivity contribution >= 4 is 32.5 Å². The number of nitrogens with two attached hydrogens (primary N) is 1. The second-order valence-electron chi connectivity index (χ2n) is 2.97. The third-order valence-corrected chi connectivity index (χ3v) is 2.91. The molecule has 15 heavy (non-hydrogen) atoms. The van der Waals surface area contributed by atoms with Crippen molar-refractivity contribution in [2.24, 2.45) is 0 Å². The highest BCUT2D eigenvalue weighted by molar-refractivity contribution is 9.10. The Kier molecular flexibility index (Phi) is 3.23. The van der Waals surface area contributed by atoms with Crippen molar-refractivity contribution in [3.05, 3.63) is 40.5 Å². The van der Waals surface area contributed by atoms with Crippen molar-refractivity contribution in [2.75, 3.05) is 5.73 Å². The number of rotatable bonds is 3. The molecular weight excluding hydrogens is 276 g/mol. The average Bonchev–Trinajstić information content (AvgIpc) is 2.62. The van der Waals surface area contributed by atoms with Crippen LogP contribution in [0.2, 0.25) is 0 Å². The van der Waals surface area contributed by atoms with Gasteiger partial charge < -0.3 is 10.5 Å². The molecule has 1 heterocycles. The summed E-state index contributed by atoms with van der Waals surface area (Å²) in [5.41, 5.74) is 6.42. The standard InChI is InChI=1S/C10H9BrN2OS/c11-7-2-1-3-9(4-7)14-6-8-5-10(12)15-13-8/h1-5H,6,12H2. The SMILES string of the molecule is Nc1cc(COc2cccc(Br)c2)ns1. The Morgan fingerprint density at radius 3 is 2.93 bits per heavy atom. The predicted octanol–water partition coefficient (Wildman–Crippen LogP) is 3.07. The maximum atomic E-state index is 5.56. The van der Waals surface area contributed by atoms with Crippen LogP contribution in [0, 0.1) is 0 Å². The molecule has 1 aromatic carbocycles. The lowest BCUT2D eigenvalue weighted by molar-refractivity contribution is 0.302. The number of anilines is 1. The van der Waals surface area contributed by atoms with Gasteiger partial charge in [0.15, 0.2) is 0 Å². The fraction of sp³-hybridized carbons (Fsp3) is 0.100. The van der Waals surface area contributed by atoms with E-state index in [1.807, 2.05) is 30.3 Å². The van der Waals surface area contributed by atoms with Crippen molar-refractivity contribution < 1.29 is 4.74 Å². The molecule has 0 aliphatic carbocycles. The molecule has 2 aromatic rings. The first-order valence-electron chi connectivity index (χ1n) is 4.33. The van der Waals surface area contributed by atoms with Crippen LogP contribution in [-0.2, 0) is 6.61 Å². The first-order valence-corrected chi connectivity index (χ1v) is 5.90. The summed E-state index contributed by atoms with van der Waals surface area (Å²) in [6.45, 7) is 0.449. The van der Waals surface area contributed by atoms with Crippen molar-refractivity contribution in [3.8, 4) is 5.75 Å². The summed E-state index contributed by atoms with van der Waals surface area (Å²) in [5, 5.41) is 0.711. The number of aromatic nitrogens is 1. The molecule has 5 heteroatoms. The van der Waals surface area contributed by atoms with Crippen LogP contribution in [0.5, 0.6) is 5.75 Å². The molecule has 0 aliphatic rings. The van der Waals surface area contributed by atoms with Gasteiger partial charge in [0, 0.05) is 4.47 Å². The fourth-order valence-corrected chi connectivity index (χ4v) is 2.01. The maximum Gasteiger partial charge on any atom is 0.131 e. The van der Waals surface area contributed by atoms with Gasteiger partial charge in [-0.25, -0.2) is 0 Å².